The highest BCUT2D eigenvalue weighted by molar-refractivity contribution is 7.07. The van der Waals surface area contributed by atoms with Crippen LogP contribution in [0, 0.1) is 6.92 Å². The first kappa shape index (κ1) is 11.5. The van der Waals surface area contributed by atoms with Gasteiger partial charge in [0.1, 0.15) is 5.82 Å². The molecule has 0 unspecified atom stereocenters. The molecule has 1 aliphatic heterocycles. The number of aromatic amines is 1. The van der Waals surface area contributed by atoms with E-state index in [1.807, 2.05) is 28.7 Å². The van der Waals surface area contributed by atoms with Crippen molar-refractivity contribution >= 4 is 17.2 Å². The zero-order valence-electron chi connectivity index (χ0n) is 10.3. The average Bonchev–Trinajstić information content (AvgIpc) is 2.95. The third-order valence-electron chi connectivity index (χ3n) is 3.24. The number of H-pyrrole nitrogens is 1. The monoisotopic (exact) mass is 261 g/mol. The van der Waals surface area contributed by atoms with Crippen LogP contribution < -0.4 is 0 Å². The largest absolute Gasteiger partial charge is 0.344 e. The molecule has 4 nitrogen and oxygen atoms in total. The van der Waals surface area contributed by atoms with E-state index in [1.165, 1.54) is 0 Å². The van der Waals surface area contributed by atoms with Crippen molar-refractivity contribution < 1.29 is 4.79 Å². The summed E-state index contributed by atoms with van der Waals surface area (Å²) in [7, 11) is 0. The molecule has 0 aliphatic carbocycles. The van der Waals surface area contributed by atoms with E-state index >= 15 is 0 Å². The predicted molar refractivity (Wildman–Crippen MR) is 70.5 cm³/mol. The van der Waals surface area contributed by atoms with Gasteiger partial charge in [0.05, 0.1) is 24.4 Å². The third-order valence-corrected chi connectivity index (χ3v) is 3.97. The molecule has 3 rings (SSSR count). The van der Waals surface area contributed by atoms with Crippen LogP contribution in [-0.2, 0) is 24.2 Å². The Morgan fingerprint density at radius 2 is 2.50 bits per heavy atom. The number of rotatable bonds is 2. The van der Waals surface area contributed by atoms with Gasteiger partial charge < -0.3 is 9.88 Å². The number of thiophene rings is 1. The summed E-state index contributed by atoms with van der Waals surface area (Å²) in [6.07, 6.45) is 1.36. The Balaban J connectivity index is 1.70. The van der Waals surface area contributed by atoms with Gasteiger partial charge in [-0.05, 0) is 29.3 Å². The van der Waals surface area contributed by atoms with Crippen LogP contribution in [-0.4, -0.2) is 27.3 Å². The lowest BCUT2D eigenvalue weighted by Crippen LogP contribution is -2.36. The van der Waals surface area contributed by atoms with Crippen LogP contribution in [0.4, 0.5) is 0 Å². The molecule has 0 bridgehead atoms. The van der Waals surface area contributed by atoms with Gasteiger partial charge in [0, 0.05) is 13.0 Å². The van der Waals surface area contributed by atoms with Gasteiger partial charge in [0.25, 0.3) is 0 Å². The van der Waals surface area contributed by atoms with Gasteiger partial charge in [-0.15, -0.1) is 0 Å². The number of nitrogens with zero attached hydrogens (tertiary/aromatic N) is 2. The zero-order chi connectivity index (χ0) is 12.5. The SMILES string of the molecule is Cc1nc2c([nH]1)CN(C(=O)Cc1ccsc1)CC2. The fourth-order valence-electron chi connectivity index (χ4n) is 2.33. The molecule has 0 aromatic carbocycles. The molecular formula is C13H15N3OS. The maximum atomic E-state index is 12.2. The summed E-state index contributed by atoms with van der Waals surface area (Å²) < 4.78 is 0. The first-order valence-electron chi connectivity index (χ1n) is 6.05. The van der Waals surface area contributed by atoms with Crippen LogP contribution in [0.15, 0.2) is 16.8 Å². The van der Waals surface area contributed by atoms with E-state index in [9.17, 15) is 4.79 Å². The molecule has 0 atom stereocenters. The van der Waals surface area contributed by atoms with Gasteiger partial charge in [-0.25, -0.2) is 4.98 Å². The van der Waals surface area contributed by atoms with E-state index in [-0.39, 0.29) is 5.91 Å². The van der Waals surface area contributed by atoms with Crippen molar-refractivity contribution in [3.05, 3.63) is 39.6 Å². The van der Waals surface area contributed by atoms with Crippen molar-refractivity contribution in [3.63, 3.8) is 0 Å². The molecule has 1 aliphatic rings. The normalized spacial score (nSPS) is 14.6. The topological polar surface area (TPSA) is 49.0 Å². The second-order valence-corrected chi connectivity index (χ2v) is 5.40. The minimum absolute atomic E-state index is 0.200. The van der Waals surface area contributed by atoms with Crippen molar-refractivity contribution in [2.24, 2.45) is 0 Å². The molecule has 2 aromatic rings. The minimum Gasteiger partial charge on any atom is -0.344 e. The summed E-state index contributed by atoms with van der Waals surface area (Å²) in [5, 5.41) is 4.04. The second kappa shape index (κ2) is 4.57. The first-order chi connectivity index (χ1) is 8.72. The molecular weight excluding hydrogens is 246 g/mol. The van der Waals surface area contributed by atoms with Crippen LogP contribution in [0.25, 0.3) is 0 Å². The summed E-state index contributed by atoms with van der Waals surface area (Å²) in [6, 6.07) is 2.01. The van der Waals surface area contributed by atoms with Gasteiger partial charge in [0.15, 0.2) is 0 Å². The Morgan fingerprint density at radius 1 is 1.61 bits per heavy atom. The van der Waals surface area contributed by atoms with Crippen LogP contribution in [0.3, 0.4) is 0 Å². The van der Waals surface area contributed by atoms with Gasteiger partial charge in [-0.2, -0.15) is 11.3 Å². The molecule has 2 aromatic heterocycles. The van der Waals surface area contributed by atoms with Crippen LogP contribution in [0.2, 0.25) is 0 Å². The Bertz CT molecular complexity index is 559. The highest BCUT2D eigenvalue weighted by atomic mass is 32.1. The van der Waals surface area contributed by atoms with Crippen LogP contribution in [0.1, 0.15) is 22.8 Å². The van der Waals surface area contributed by atoms with Crippen molar-refractivity contribution in [3.8, 4) is 0 Å². The van der Waals surface area contributed by atoms with Gasteiger partial charge in [-0.1, -0.05) is 0 Å². The van der Waals surface area contributed by atoms with E-state index in [2.05, 4.69) is 9.97 Å². The number of carbonyl (C=O) groups excluding carboxylic acids is 1. The number of fused-ring (bicyclic) bond motifs is 1. The van der Waals surface area contributed by atoms with Crippen molar-refractivity contribution in [1.82, 2.24) is 14.9 Å². The lowest BCUT2D eigenvalue weighted by molar-refractivity contribution is -0.131. The van der Waals surface area contributed by atoms with Gasteiger partial charge in [-0.3, -0.25) is 4.79 Å². The van der Waals surface area contributed by atoms with Crippen LogP contribution >= 0.6 is 11.3 Å². The number of hydrogen-bond acceptors (Lipinski definition) is 3. The fraction of sp³-hybridized carbons (Fsp3) is 0.385. The summed E-state index contributed by atoms with van der Waals surface area (Å²) in [4.78, 5) is 21.8. The molecule has 18 heavy (non-hydrogen) atoms. The molecule has 1 N–H and O–H groups in total. The van der Waals surface area contributed by atoms with E-state index in [1.54, 1.807) is 11.3 Å². The number of aryl methyl sites for hydroxylation is 1. The Kier molecular flexibility index (Phi) is 2.91. The molecule has 0 saturated heterocycles. The Hall–Kier alpha value is -1.62. The highest BCUT2D eigenvalue weighted by Crippen LogP contribution is 2.18. The molecule has 0 spiro atoms. The summed E-state index contributed by atoms with van der Waals surface area (Å²) in [6.45, 7) is 3.40. The number of imidazole rings is 1. The number of nitrogens with one attached hydrogen (secondary N) is 1. The van der Waals surface area contributed by atoms with Gasteiger partial charge in [0.2, 0.25) is 5.91 Å². The van der Waals surface area contributed by atoms with E-state index in [0.29, 0.717) is 13.0 Å². The third kappa shape index (κ3) is 2.18. The summed E-state index contributed by atoms with van der Waals surface area (Å²) in [5.74, 6) is 1.14. The smallest absolute Gasteiger partial charge is 0.227 e. The predicted octanol–water partition coefficient (Wildman–Crippen LogP) is 1.91. The molecule has 0 fully saturated rings. The van der Waals surface area contributed by atoms with Crippen molar-refractivity contribution in [2.75, 3.05) is 6.54 Å². The van der Waals surface area contributed by atoms with Crippen molar-refractivity contribution in [1.29, 1.82) is 0 Å². The van der Waals surface area contributed by atoms with Gasteiger partial charge >= 0.3 is 0 Å². The van der Waals surface area contributed by atoms with Crippen LogP contribution in [0.5, 0.6) is 0 Å². The number of amides is 1. The molecule has 0 saturated carbocycles. The number of hydrogen-bond donors (Lipinski definition) is 1. The number of aromatic nitrogens is 2. The average molecular weight is 261 g/mol. The lowest BCUT2D eigenvalue weighted by atomic mass is 10.1. The molecule has 94 valence electrons. The number of carbonyl (C=O) groups is 1. The summed E-state index contributed by atoms with van der Waals surface area (Å²) in [5.41, 5.74) is 3.32. The standard InChI is InChI=1S/C13H15N3OS/c1-9-14-11-2-4-16(7-12(11)15-9)13(17)6-10-3-5-18-8-10/h3,5,8H,2,4,6-7H2,1H3,(H,14,15). The maximum absolute atomic E-state index is 12.2. The lowest BCUT2D eigenvalue weighted by Gasteiger charge is -2.26. The molecule has 1 amide bonds. The molecule has 0 radical (unpaired) electrons. The van der Waals surface area contributed by atoms with Crippen molar-refractivity contribution in [2.45, 2.75) is 26.3 Å². The second-order valence-electron chi connectivity index (χ2n) is 4.62. The summed E-state index contributed by atoms with van der Waals surface area (Å²) >= 11 is 1.63. The van der Waals surface area contributed by atoms with E-state index < -0.39 is 0 Å². The zero-order valence-corrected chi connectivity index (χ0v) is 11.1. The Morgan fingerprint density at radius 3 is 3.28 bits per heavy atom. The first-order valence-corrected chi connectivity index (χ1v) is 7.00. The minimum atomic E-state index is 0.200. The molecule has 3 heterocycles. The highest BCUT2D eigenvalue weighted by Gasteiger charge is 2.23. The fourth-order valence-corrected chi connectivity index (χ4v) is 3.00. The Labute approximate surface area is 110 Å². The molecule has 5 heteroatoms. The van der Waals surface area contributed by atoms with E-state index in [0.717, 1.165) is 35.7 Å². The van der Waals surface area contributed by atoms with E-state index in [4.69, 9.17) is 0 Å². The maximum Gasteiger partial charge on any atom is 0.227 e. The quantitative estimate of drug-likeness (QED) is 0.897.